The Balaban J connectivity index is 1.83. The Morgan fingerprint density at radius 3 is 3.00 bits per heavy atom. The molecule has 3 rings (SSSR count). The minimum atomic E-state index is -0.144. The molecule has 0 saturated carbocycles. The Kier molecular flexibility index (Phi) is 6.21. The van der Waals surface area contributed by atoms with E-state index in [-0.39, 0.29) is 17.6 Å². The highest BCUT2D eigenvalue weighted by Crippen LogP contribution is 2.15. The number of unbranched alkanes of at least 4 members (excludes halogenated alkanes) is 2. The average Bonchev–Trinajstić information content (AvgIpc) is 3.15. The second-order valence-corrected chi connectivity index (χ2v) is 7.09. The second kappa shape index (κ2) is 8.60. The van der Waals surface area contributed by atoms with E-state index in [1.807, 2.05) is 0 Å². The van der Waals surface area contributed by atoms with Crippen molar-refractivity contribution in [3.8, 4) is 0 Å². The molecule has 0 aliphatic carbocycles. The lowest BCUT2D eigenvalue weighted by Gasteiger charge is -2.13. The zero-order chi connectivity index (χ0) is 18.5. The number of nitrogens with one attached hydrogen (secondary N) is 2. The summed E-state index contributed by atoms with van der Waals surface area (Å²) in [6, 6.07) is 5.07. The van der Waals surface area contributed by atoms with Gasteiger partial charge in [-0.2, -0.15) is 0 Å². The lowest BCUT2D eigenvalue weighted by molar-refractivity contribution is 0.0952. The summed E-state index contributed by atoms with van der Waals surface area (Å²) >= 11 is 5.36. The maximum Gasteiger partial charge on any atom is 0.262 e. The van der Waals surface area contributed by atoms with E-state index in [0.29, 0.717) is 34.3 Å². The Morgan fingerprint density at radius 2 is 2.27 bits per heavy atom. The SMILES string of the molecule is CCCCCNC(=O)c1ccc2c(=O)n(CC3CCCO3)c(=S)[nH]c2c1. The molecule has 1 aliphatic rings. The molecule has 2 heterocycles. The monoisotopic (exact) mass is 375 g/mol. The van der Waals surface area contributed by atoms with E-state index in [9.17, 15) is 9.59 Å². The summed E-state index contributed by atoms with van der Waals surface area (Å²) in [6.45, 7) is 3.98. The van der Waals surface area contributed by atoms with E-state index < -0.39 is 0 Å². The number of rotatable bonds is 7. The van der Waals surface area contributed by atoms with Crippen LogP contribution >= 0.6 is 12.2 Å². The molecule has 2 N–H and O–H groups in total. The van der Waals surface area contributed by atoms with Gasteiger partial charge in [0.2, 0.25) is 0 Å². The number of aromatic nitrogens is 2. The van der Waals surface area contributed by atoms with Crippen LogP contribution in [-0.2, 0) is 11.3 Å². The van der Waals surface area contributed by atoms with Crippen molar-refractivity contribution < 1.29 is 9.53 Å². The van der Waals surface area contributed by atoms with E-state index in [1.54, 1.807) is 22.8 Å². The minimum absolute atomic E-state index is 0.0356. The fourth-order valence-corrected chi connectivity index (χ4v) is 3.50. The third-order valence-corrected chi connectivity index (χ3v) is 5.04. The third kappa shape index (κ3) is 4.22. The third-order valence-electron chi connectivity index (χ3n) is 4.72. The van der Waals surface area contributed by atoms with Gasteiger partial charge in [-0.3, -0.25) is 14.2 Å². The normalized spacial score (nSPS) is 16.9. The number of amides is 1. The van der Waals surface area contributed by atoms with Gasteiger partial charge >= 0.3 is 0 Å². The molecule has 2 aromatic rings. The summed E-state index contributed by atoms with van der Waals surface area (Å²) in [6.07, 6.45) is 5.16. The van der Waals surface area contributed by atoms with Crippen LogP contribution in [-0.4, -0.2) is 34.7 Å². The maximum atomic E-state index is 12.8. The molecule has 1 amide bonds. The average molecular weight is 375 g/mol. The smallest absolute Gasteiger partial charge is 0.262 e. The first-order valence-corrected chi connectivity index (χ1v) is 9.67. The molecule has 1 unspecified atom stereocenters. The van der Waals surface area contributed by atoms with E-state index in [1.165, 1.54) is 0 Å². The zero-order valence-electron chi connectivity index (χ0n) is 15.0. The first-order chi connectivity index (χ1) is 12.6. The molecular weight excluding hydrogens is 350 g/mol. The Labute approximate surface area is 157 Å². The number of carbonyl (C=O) groups excluding carboxylic acids is 1. The minimum Gasteiger partial charge on any atom is -0.376 e. The number of fused-ring (bicyclic) bond motifs is 1. The van der Waals surface area contributed by atoms with E-state index >= 15 is 0 Å². The Morgan fingerprint density at radius 1 is 1.42 bits per heavy atom. The largest absolute Gasteiger partial charge is 0.376 e. The van der Waals surface area contributed by atoms with Crippen LogP contribution < -0.4 is 10.9 Å². The predicted molar refractivity (Wildman–Crippen MR) is 104 cm³/mol. The molecule has 1 aromatic carbocycles. The second-order valence-electron chi connectivity index (χ2n) is 6.70. The summed E-state index contributed by atoms with van der Waals surface area (Å²) < 4.78 is 7.52. The van der Waals surface area contributed by atoms with Crippen LogP contribution in [0.15, 0.2) is 23.0 Å². The summed E-state index contributed by atoms with van der Waals surface area (Å²) in [4.78, 5) is 28.1. The van der Waals surface area contributed by atoms with Crippen molar-refractivity contribution in [1.82, 2.24) is 14.9 Å². The van der Waals surface area contributed by atoms with Gasteiger partial charge in [0.1, 0.15) is 0 Å². The number of H-pyrrole nitrogens is 1. The van der Waals surface area contributed by atoms with Crippen LogP contribution in [0, 0.1) is 4.77 Å². The van der Waals surface area contributed by atoms with Gasteiger partial charge in [0.25, 0.3) is 11.5 Å². The number of benzene rings is 1. The van der Waals surface area contributed by atoms with Crippen LogP contribution in [0.3, 0.4) is 0 Å². The van der Waals surface area contributed by atoms with Crippen LogP contribution in [0.1, 0.15) is 49.4 Å². The molecule has 1 atom stereocenters. The fourth-order valence-electron chi connectivity index (χ4n) is 3.23. The summed E-state index contributed by atoms with van der Waals surface area (Å²) in [5.74, 6) is -0.133. The molecular formula is C19H25N3O3S. The van der Waals surface area contributed by atoms with Gasteiger partial charge in [0.05, 0.1) is 23.6 Å². The van der Waals surface area contributed by atoms with Gasteiger partial charge in [0.15, 0.2) is 4.77 Å². The molecule has 26 heavy (non-hydrogen) atoms. The molecule has 0 radical (unpaired) electrons. The highest BCUT2D eigenvalue weighted by molar-refractivity contribution is 7.71. The van der Waals surface area contributed by atoms with Gasteiger partial charge in [-0.1, -0.05) is 19.8 Å². The van der Waals surface area contributed by atoms with E-state index in [2.05, 4.69) is 17.2 Å². The van der Waals surface area contributed by atoms with Gasteiger partial charge in [0, 0.05) is 18.7 Å². The Hall–Kier alpha value is -1.99. The van der Waals surface area contributed by atoms with Gasteiger partial charge in [-0.05, 0) is 49.7 Å². The standard InChI is InChI=1S/C19H25N3O3S/c1-2-3-4-9-20-17(23)13-7-8-15-16(11-13)21-19(26)22(18(15)24)12-14-6-5-10-25-14/h7-8,11,14H,2-6,9-10,12H2,1H3,(H,20,23)(H,21,26). The zero-order valence-corrected chi connectivity index (χ0v) is 15.9. The molecule has 1 fully saturated rings. The molecule has 1 aromatic heterocycles. The van der Waals surface area contributed by atoms with E-state index in [0.717, 1.165) is 38.7 Å². The van der Waals surface area contributed by atoms with Crippen molar-refractivity contribution in [3.63, 3.8) is 0 Å². The van der Waals surface area contributed by atoms with Gasteiger partial charge < -0.3 is 15.0 Å². The summed E-state index contributed by atoms with van der Waals surface area (Å²) in [7, 11) is 0. The number of hydrogen-bond donors (Lipinski definition) is 2. The first kappa shape index (κ1) is 18.8. The molecule has 0 bridgehead atoms. The van der Waals surface area contributed by atoms with Crippen LogP contribution in [0.25, 0.3) is 10.9 Å². The highest BCUT2D eigenvalue weighted by Gasteiger charge is 2.18. The van der Waals surface area contributed by atoms with Crippen LogP contribution in [0.5, 0.6) is 0 Å². The van der Waals surface area contributed by atoms with E-state index in [4.69, 9.17) is 17.0 Å². The Bertz CT molecular complexity index is 897. The molecule has 140 valence electrons. The lowest BCUT2D eigenvalue weighted by Crippen LogP contribution is -2.28. The highest BCUT2D eigenvalue weighted by atomic mass is 32.1. The lowest BCUT2D eigenvalue weighted by atomic mass is 10.1. The molecule has 6 nitrogen and oxygen atoms in total. The predicted octanol–water partition coefficient (Wildman–Crippen LogP) is 3.16. The summed E-state index contributed by atoms with van der Waals surface area (Å²) in [5, 5.41) is 3.44. The molecule has 0 spiro atoms. The number of hydrogen-bond acceptors (Lipinski definition) is 4. The van der Waals surface area contributed by atoms with Crippen LogP contribution in [0.2, 0.25) is 0 Å². The first-order valence-electron chi connectivity index (χ1n) is 9.27. The van der Waals surface area contributed by atoms with Crippen molar-refractivity contribution in [3.05, 3.63) is 38.9 Å². The van der Waals surface area contributed by atoms with Crippen molar-refractivity contribution in [2.45, 2.75) is 51.7 Å². The molecule has 1 aliphatic heterocycles. The number of aromatic amines is 1. The van der Waals surface area contributed by atoms with Gasteiger partial charge in [-0.15, -0.1) is 0 Å². The topological polar surface area (TPSA) is 76.1 Å². The molecule has 7 heteroatoms. The van der Waals surface area contributed by atoms with Crippen molar-refractivity contribution in [2.24, 2.45) is 0 Å². The number of ether oxygens (including phenoxy) is 1. The van der Waals surface area contributed by atoms with Gasteiger partial charge in [-0.25, -0.2) is 0 Å². The fraction of sp³-hybridized carbons (Fsp3) is 0.526. The quantitative estimate of drug-likeness (QED) is 0.576. The van der Waals surface area contributed by atoms with Crippen molar-refractivity contribution in [2.75, 3.05) is 13.2 Å². The maximum absolute atomic E-state index is 12.8. The number of carbonyl (C=O) groups is 1. The number of nitrogens with zero attached hydrogens (tertiary/aromatic N) is 1. The van der Waals surface area contributed by atoms with Crippen molar-refractivity contribution in [1.29, 1.82) is 0 Å². The molecule has 1 saturated heterocycles. The van der Waals surface area contributed by atoms with Crippen molar-refractivity contribution >= 4 is 29.0 Å². The van der Waals surface area contributed by atoms with Crippen LogP contribution in [0.4, 0.5) is 0 Å². The summed E-state index contributed by atoms with van der Waals surface area (Å²) in [5.41, 5.74) is 0.967.